The molecule has 2 atom stereocenters. The zero-order chi connectivity index (χ0) is 14.4. The fourth-order valence-corrected chi connectivity index (χ4v) is 3.78. The summed E-state index contributed by atoms with van der Waals surface area (Å²) in [4.78, 5) is 17.2. The summed E-state index contributed by atoms with van der Waals surface area (Å²) >= 11 is 0. The van der Waals surface area contributed by atoms with Crippen molar-refractivity contribution in [3.8, 4) is 0 Å². The number of carbonyl (C=O) groups excluding carboxylic acids is 1. The van der Waals surface area contributed by atoms with Crippen molar-refractivity contribution in [1.29, 1.82) is 0 Å². The third kappa shape index (κ3) is 4.19. The van der Waals surface area contributed by atoms with E-state index in [9.17, 15) is 4.79 Å². The Morgan fingerprint density at radius 1 is 1.20 bits per heavy atom. The smallest absolute Gasteiger partial charge is 0.225 e. The Bertz CT molecular complexity index is 298. The molecule has 2 aliphatic rings. The second-order valence-corrected chi connectivity index (χ2v) is 6.47. The van der Waals surface area contributed by atoms with Gasteiger partial charge in [0.2, 0.25) is 5.91 Å². The van der Waals surface area contributed by atoms with Crippen LogP contribution in [0.1, 0.15) is 45.4 Å². The van der Waals surface area contributed by atoms with Crippen LogP contribution in [0.2, 0.25) is 0 Å². The van der Waals surface area contributed by atoms with Crippen molar-refractivity contribution in [2.45, 2.75) is 45.4 Å². The SMILES string of the molecule is CCCN1CCN(C(=O)C2CCCC(CCN)C2)CC1. The average molecular weight is 281 g/mol. The molecule has 1 aliphatic heterocycles. The predicted molar refractivity (Wildman–Crippen MR) is 82.4 cm³/mol. The van der Waals surface area contributed by atoms with Crippen molar-refractivity contribution in [3.05, 3.63) is 0 Å². The summed E-state index contributed by atoms with van der Waals surface area (Å²) < 4.78 is 0. The van der Waals surface area contributed by atoms with Gasteiger partial charge in [-0.3, -0.25) is 9.69 Å². The monoisotopic (exact) mass is 281 g/mol. The van der Waals surface area contributed by atoms with Crippen LogP contribution in [0.15, 0.2) is 0 Å². The fraction of sp³-hybridized carbons (Fsp3) is 0.938. The summed E-state index contributed by atoms with van der Waals surface area (Å²) in [7, 11) is 0. The fourth-order valence-electron chi connectivity index (χ4n) is 3.78. The minimum Gasteiger partial charge on any atom is -0.340 e. The zero-order valence-electron chi connectivity index (χ0n) is 13.0. The molecule has 2 N–H and O–H groups in total. The van der Waals surface area contributed by atoms with E-state index in [1.165, 1.54) is 25.8 Å². The predicted octanol–water partition coefficient (Wildman–Crippen LogP) is 1.70. The second-order valence-electron chi connectivity index (χ2n) is 6.47. The van der Waals surface area contributed by atoms with Gasteiger partial charge in [0.25, 0.3) is 0 Å². The first-order valence-electron chi connectivity index (χ1n) is 8.45. The van der Waals surface area contributed by atoms with E-state index in [0.29, 0.717) is 11.8 Å². The molecule has 2 unspecified atom stereocenters. The molecule has 1 saturated heterocycles. The summed E-state index contributed by atoms with van der Waals surface area (Å²) in [6.45, 7) is 8.12. The Hall–Kier alpha value is -0.610. The summed E-state index contributed by atoms with van der Waals surface area (Å²) in [6.07, 6.45) is 6.94. The lowest BCUT2D eigenvalue weighted by Gasteiger charge is -2.38. The lowest BCUT2D eigenvalue weighted by atomic mass is 9.79. The first-order chi connectivity index (χ1) is 9.74. The molecule has 0 bridgehead atoms. The lowest BCUT2D eigenvalue weighted by molar-refractivity contribution is -0.139. The van der Waals surface area contributed by atoms with Crippen molar-refractivity contribution in [2.24, 2.45) is 17.6 Å². The van der Waals surface area contributed by atoms with Crippen LogP contribution in [0.25, 0.3) is 0 Å². The number of hydrogen-bond donors (Lipinski definition) is 1. The molecule has 0 radical (unpaired) electrons. The first kappa shape index (κ1) is 15.8. The molecule has 0 aromatic rings. The van der Waals surface area contributed by atoms with Crippen molar-refractivity contribution < 1.29 is 4.79 Å². The van der Waals surface area contributed by atoms with Crippen LogP contribution in [0.4, 0.5) is 0 Å². The molecule has 0 aromatic carbocycles. The quantitative estimate of drug-likeness (QED) is 0.834. The maximum atomic E-state index is 12.6. The van der Waals surface area contributed by atoms with Crippen LogP contribution in [0, 0.1) is 11.8 Å². The van der Waals surface area contributed by atoms with Gasteiger partial charge in [0.1, 0.15) is 0 Å². The molecule has 1 heterocycles. The van der Waals surface area contributed by atoms with Gasteiger partial charge in [-0.2, -0.15) is 0 Å². The van der Waals surface area contributed by atoms with Gasteiger partial charge in [0, 0.05) is 32.1 Å². The molecule has 1 saturated carbocycles. The Balaban J connectivity index is 1.79. The molecule has 0 spiro atoms. The van der Waals surface area contributed by atoms with E-state index in [4.69, 9.17) is 5.73 Å². The molecule has 1 aliphatic carbocycles. The Kier molecular flexibility index (Phi) is 6.30. The molecule has 2 fully saturated rings. The Morgan fingerprint density at radius 2 is 1.95 bits per heavy atom. The molecule has 20 heavy (non-hydrogen) atoms. The summed E-state index contributed by atoms with van der Waals surface area (Å²) in [5.41, 5.74) is 5.67. The van der Waals surface area contributed by atoms with Crippen molar-refractivity contribution in [1.82, 2.24) is 9.80 Å². The largest absolute Gasteiger partial charge is 0.340 e. The lowest BCUT2D eigenvalue weighted by Crippen LogP contribution is -2.50. The van der Waals surface area contributed by atoms with E-state index in [0.717, 1.165) is 52.0 Å². The molecule has 4 nitrogen and oxygen atoms in total. The highest BCUT2D eigenvalue weighted by atomic mass is 16.2. The summed E-state index contributed by atoms with van der Waals surface area (Å²) in [5.74, 6) is 1.38. The van der Waals surface area contributed by atoms with Gasteiger partial charge >= 0.3 is 0 Å². The number of amides is 1. The molecule has 0 aromatic heterocycles. The van der Waals surface area contributed by atoms with Gasteiger partial charge in [-0.1, -0.05) is 19.8 Å². The second kappa shape index (κ2) is 7.99. The minimum absolute atomic E-state index is 0.276. The number of piperazine rings is 1. The summed E-state index contributed by atoms with van der Waals surface area (Å²) in [5, 5.41) is 0. The van der Waals surface area contributed by atoms with Gasteiger partial charge in [-0.05, 0) is 44.7 Å². The van der Waals surface area contributed by atoms with Gasteiger partial charge in [0.05, 0.1) is 0 Å². The Labute approximate surface area is 123 Å². The van der Waals surface area contributed by atoms with Gasteiger partial charge in [0.15, 0.2) is 0 Å². The molecule has 2 rings (SSSR count). The maximum absolute atomic E-state index is 12.6. The van der Waals surface area contributed by atoms with E-state index >= 15 is 0 Å². The molecular formula is C16H31N3O. The van der Waals surface area contributed by atoms with Gasteiger partial charge in [-0.15, -0.1) is 0 Å². The minimum atomic E-state index is 0.276. The van der Waals surface area contributed by atoms with Crippen LogP contribution < -0.4 is 5.73 Å². The normalized spacial score (nSPS) is 28.6. The highest BCUT2D eigenvalue weighted by molar-refractivity contribution is 5.79. The van der Waals surface area contributed by atoms with E-state index in [-0.39, 0.29) is 5.92 Å². The molecule has 1 amide bonds. The van der Waals surface area contributed by atoms with Crippen LogP contribution >= 0.6 is 0 Å². The third-order valence-electron chi connectivity index (χ3n) is 4.93. The third-order valence-corrected chi connectivity index (χ3v) is 4.93. The van der Waals surface area contributed by atoms with Crippen molar-refractivity contribution >= 4 is 5.91 Å². The number of rotatable bonds is 5. The Morgan fingerprint density at radius 3 is 2.60 bits per heavy atom. The van der Waals surface area contributed by atoms with E-state index in [2.05, 4.69) is 16.7 Å². The first-order valence-corrected chi connectivity index (χ1v) is 8.45. The van der Waals surface area contributed by atoms with E-state index in [1.54, 1.807) is 0 Å². The van der Waals surface area contributed by atoms with Gasteiger partial charge < -0.3 is 10.6 Å². The highest BCUT2D eigenvalue weighted by Gasteiger charge is 2.31. The van der Waals surface area contributed by atoms with Crippen LogP contribution in [-0.4, -0.2) is 55.0 Å². The molecule has 4 heteroatoms. The number of nitrogens with zero attached hydrogens (tertiary/aromatic N) is 2. The highest BCUT2D eigenvalue weighted by Crippen LogP contribution is 2.32. The van der Waals surface area contributed by atoms with Gasteiger partial charge in [-0.25, -0.2) is 0 Å². The van der Waals surface area contributed by atoms with E-state index in [1.807, 2.05) is 0 Å². The average Bonchev–Trinajstić information content (AvgIpc) is 2.48. The number of carbonyl (C=O) groups is 1. The van der Waals surface area contributed by atoms with Crippen molar-refractivity contribution in [3.63, 3.8) is 0 Å². The number of nitrogens with two attached hydrogens (primary N) is 1. The standard InChI is InChI=1S/C16H31N3O/c1-2-8-18-9-11-19(12-10-18)16(20)15-5-3-4-14(13-15)6-7-17/h14-15H,2-13,17H2,1H3. The van der Waals surface area contributed by atoms with E-state index < -0.39 is 0 Å². The molecular weight excluding hydrogens is 250 g/mol. The topological polar surface area (TPSA) is 49.6 Å². The summed E-state index contributed by atoms with van der Waals surface area (Å²) in [6, 6.07) is 0. The molecule has 116 valence electrons. The van der Waals surface area contributed by atoms with Crippen LogP contribution in [0.3, 0.4) is 0 Å². The zero-order valence-corrected chi connectivity index (χ0v) is 13.0. The maximum Gasteiger partial charge on any atom is 0.225 e. The number of hydrogen-bond acceptors (Lipinski definition) is 3. The van der Waals surface area contributed by atoms with Crippen LogP contribution in [-0.2, 0) is 4.79 Å². The van der Waals surface area contributed by atoms with Crippen molar-refractivity contribution in [2.75, 3.05) is 39.3 Å². The van der Waals surface area contributed by atoms with Crippen LogP contribution in [0.5, 0.6) is 0 Å².